The number of nitrogens with one attached hydrogen (secondary N) is 1. The number of carbonyl (C=O) groups is 2. The van der Waals surface area contributed by atoms with Crippen LogP contribution in [0.5, 0.6) is 11.5 Å². The quantitative estimate of drug-likeness (QED) is 0.642. The second-order valence-corrected chi connectivity index (χ2v) is 6.00. The van der Waals surface area contributed by atoms with Crippen molar-refractivity contribution >= 4 is 11.9 Å². The van der Waals surface area contributed by atoms with Crippen molar-refractivity contribution in [3.63, 3.8) is 0 Å². The fraction of sp³-hybridized carbons (Fsp3) is 0.300. The van der Waals surface area contributed by atoms with Crippen molar-refractivity contribution in [2.45, 2.75) is 20.0 Å². The molecule has 1 N–H and O–H groups in total. The Bertz CT molecular complexity index is 873. The van der Waals surface area contributed by atoms with Crippen molar-refractivity contribution in [3.8, 4) is 11.5 Å². The van der Waals surface area contributed by atoms with Crippen molar-refractivity contribution in [2.24, 2.45) is 0 Å². The molecule has 0 aliphatic heterocycles. The Labute approximate surface area is 165 Å². The van der Waals surface area contributed by atoms with E-state index in [0.29, 0.717) is 12.0 Å². The molecule has 156 valence electrons. The van der Waals surface area contributed by atoms with E-state index in [9.17, 15) is 22.8 Å². The first-order valence-electron chi connectivity index (χ1n) is 8.62. The van der Waals surface area contributed by atoms with Crippen molar-refractivity contribution in [3.05, 3.63) is 58.9 Å². The SMILES string of the molecule is COc1cc(CCNC(=O)COC(=O)c2ccc(C)c(F)c2)ccc1OC(F)F. The molecule has 0 fully saturated rings. The van der Waals surface area contributed by atoms with Gasteiger partial charge in [-0.1, -0.05) is 12.1 Å². The zero-order valence-corrected chi connectivity index (χ0v) is 15.8. The van der Waals surface area contributed by atoms with Crippen molar-refractivity contribution in [1.82, 2.24) is 5.32 Å². The first-order valence-corrected chi connectivity index (χ1v) is 8.62. The Balaban J connectivity index is 1.79. The van der Waals surface area contributed by atoms with Gasteiger partial charge in [0, 0.05) is 6.54 Å². The molecule has 0 bridgehead atoms. The van der Waals surface area contributed by atoms with Gasteiger partial charge in [-0.2, -0.15) is 8.78 Å². The Morgan fingerprint density at radius 2 is 1.86 bits per heavy atom. The highest BCUT2D eigenvalue weighted by atomic mass is 19.3. The number of ether oxygens (including phenoxy) is 3. The molecule has 2 aromatic rings. The minimum atomic E-state index is -2.96. The summed E-state index contributed by atoms with van der Waals surface area (Å²) in [6.07, 6.45) is 0.383. The van der Waals surface area contributed by atoms with Crippen molar-refractivity contribution in [1.29, 1.82) is 0 Å². The van der Waals surface area contributed by atoms with Gasteiger partial charge in [0.1, 0.15) is 5.82 Å². The van der Waals surface area contributed by atoms with Crippen molar-refractivity contribution in [2.75, 3.05) is 20.3 Å². The van der Waals surface area contributed by atoms with E-state index < -0.39 is 30.9 Å². The van der Waals surface area contributed by atoms with Gasteiger partial charge in [-0.15, -0.1) is 0 Å². The van der Waals surface area contributed by atoms with E-state index in [1.54, 1.807) is 13.0 Å². The van der Waals surface area contributed by atoms with E-state index in [-0.39, 0.29) is 23.6 Å². The van der Waals surface area contributed by atoms with Crippen LogP contribution in [0.15, 0.2) is 36.4 Å². The lowest BCUT2D eigenvalue weighted by molar-refractivity contribution is -0.124. The summed E-state index contributed by atoms with van der Waals surface area (Å²) >= 11 is 0. The molecule has 0 heterocycles. The van der Waals surface area contributed by atoms with E-state index >= 15 is 0 Å². The first-order chi connectivity index (χ1) is 13.8. The third-order valence-corrected chi connectivity index (χ3v) is 3.92. The van der Waals surface area contributed by atoms with Gasteiger partial charge in [0.2, 0.25) is 0 Å². The molecule has 2 aromatic carbocycles. The van der Waals surface area contributed by atoms with Gasteiger partial charge in [0.05, 0.1) is 12.7 Å². The highest BCUT2D eigenvalue weighted by Crippen LogP contribution is 2.29. The predicted molar refractivity (Wildman–Crippen MR) is 97.8 cm³/mol. The van der Waals surface area contributed by atoms with Gasteiger partial charge in [-0.3, -0.25) is 4.79 Å². The first kappa shape index (κ1) is 22.1. The molecule has 0 aliphatic rings. The number of hydrogen-bond acceptors (Lipinski definition) is 5. The van der Waals surface area contributed by atoms with Crippen LogP contribution in [0.2, 0.25) is 0 Å². The Kier molecular flexibility index (Phi) is 7.88. The smallest absolute Gasteiger partial charge is 0.387 e. The number of amides is 1. The number of hydrogen-bond donors (Lipinski definition) is 1. The molecule has 0 atom stereocenters. The highest BCUT2D eigenvalue weighted by molar-refractivity contribution is 5.91. The highest BCUT2D eigenvalue weighted by Gasteiger charge is 2.13. The number of alkyl halides is 2. The summed E-state index contributed by atoms with van der Waals surface area (Å²) in [5, 5.41) is 2.56. The fourth-order valence-electron chi connectivity index (χ4n) is 2.39. The van der Waals surface area contributed by atoms with Crippen LogP contribution in [0.25, 0.3) is 0 Å². The predicted octanol–water partition coefficient (Wildman–Crippen LogP) is 3.26. The Morgan fingerprint density at radius 3 is 2.52 bits per heavy atom. The minimum Gasteiger partial charge on any atom is -0.493 e. The molecule has 0 radical (unpaired) electrons. The molecule has 2 rings (SSSR count). The second kappa shape index (κ2) is 10.4. The maximum atomic E-state index is 13.5. The summed E-state index contributed by atoms with van der Waals surface area (Å²) in [6, 6.07) is 8.34. The van der Waals surface area contributed by atoms with Crippen LogP contribution in [0, 0.1) is 12.7 Å². The number of halogens is 3. The molecule has 6 nitrogen and oxygen atoms in total. The number of aryl methyl sites for hydroxylation is 1. The molecule has 0 saturated heterocycles. The van der Waals surface area contributed by atoms with E-state index in [4.69, 9.17) is 9.47 Å². The number of esters is 1. The lowest BCUT2D eigenvalue weighted by Crippen LogP contribution is -2.30. The molecule has 0 aromatic heterocycles. The standard InChI is InChI=1S/C20H20F3NO5/c1-12-3-5-14(10-15(12)21)19(26)28-11-18(25)24-8-7-13-4-6-16(29-20(22)23)17(9-13)27-2/h3-6,9-10,20H,7-8,11H2,1-2H3,(H,24,25). The number of benzene rings is 2. The van der Waals surface area contributed by atoms with Gasteiger partial charge in [0.15, 0.2) is 18.1 Å². The maximum absolute atomic E-state index is 13.5. The summed E-state index contributed by atoms with van der Waals surface area (Å²) in [5.74, 6) is -1.82. The van der Waals surface area contributed by atoms with Crippen LogP contribution in [0.1, 0.15) is 21.5 Å². The average Bonchev–Trinajstić information content (AvgIpc) is 2.68. The van der Waals surface area contributed by atoms with E-state index in [1.165, 1.54) is 31.4 Å². The molecule has 1 amide bonds. The zero-order valence-electron chi connectivity index (χ0n) is 15.8. The maximum Gasteiger partial charge on any atom is 0.387 e. The fourth-order valence-corrected chi connectivity index (χ4v) is 2.39. The van der Waals surface area contributed by atoms with E-state index in [0.717, 1.165) is 11.6 Å². The largest absolute Gasteiger partial charge is 0.493 e. The summed E-state index contributed by atoms with van der Waals surface area (Å²) in [5.41, 5.74) is 1.12. The third kappa shape index (κ3) is 6.70. The lowest BCUT2D eigenvalue weighted by atomic mass is 10.1. The van der Waals surface area contributed by atoms with Gasteiger partial charge in [-0.25, -0.2) is 9.18 Å². The second-order valence-electron chi connectivity index (χ2n) is 6.00. The minimum absolute atomic E-state index is 0.0131. The van der Waals surface area contributed by atoms with Gasteiger partial charge in [0.25, 0.3) is 5.91 Å². The number of methoxy groups -OCH3 is 1. The lowest BCUT2D eigenvalue weighted by Gasteiger charge is -2.12. The van der Waals surface area contributed by atoms with E-state index in [1.807, 2.05) is 0 Å². The molecular weight excluding hydrogens is 391 g/mol. The summed E-state index contributed by atoms with van der Waals surface area (Å²) in [7, 11) is 1.33. The average molecular weight is 411 g/mol. The molecule has 0 saturated carbocycles. The topological polar surface area (TPSA) is 73.9 Å². The van der Waals surface area contributed by atoms with Gasteiger partial charge < -0.3 is 19.5 Å². The van der Waals surface area contributed by atoms with Crippen LogP contribution in [-0.2, 0) is 16.0 Å². The van der Waals surface area contributed by atoms with Gasteiger partial charge >= 0.3 is 12.6 Å². The summed E-state index contributed by atoms with van der Waals surface area (Å²) < 4.78 is 52.3. The summed E-state index contributed by atoms with van der Waals surface area (Å²) in [6.45, 7) is -1.70. The van der Waals surface area contributed by atoms with Crippen LogP contribution < -0.4 is 14.8 Å². The molecule has 0 aliphatic carbocycles. The monoisotopic (exact) mass is 411 g/mol. The molecule has 0 unspecified atom stereocenters. The molecule has 29 heavy (non-hydrogen) atoms. The molecular formula is C20H20F3NO5. The van der Waals surface area contributed by atoms with Gasteiger partial charge in [-0.05, 0) is 48.7 Å². The Hall–Kier alpha value is -3.23. The van der Waals surface area contributed by atoms with Crippen molar-refractivity contribution < 1.29 is 37.0 Å². The zero-order chi connectivity index (χ0) is 21.4. The Morgan fingerprint density at radius 1 is 1.10 bits per heavy atom. The van der Waals surface area contributed by atoms with Crippen LogP contribution in [-0.4, -0.2) is 38.7 Å². The number of carbonyl (C=O) groups excluding carboxylic acids is 2. The van der Waals surface area contributed by atoms with E-state index in [2.05, 4.69) is 10.1 Å². The molecule has 9 heteroatoms. The van der Waals surface area contributed by atoms with Crippen LogP contribution in [0.3, 0.4) is 0 Å². The summed E-state index contributed by atoms with van der Waals surface area (Å²) in [4.78, 5) is 23.6. The number of rotatable bonds is 9. The van der Waals surface area contributed by atoms with Crippen LogP contribution >= 0.6 is 0 Å². The third-order valence-electron chi connectivity index (χ3n) is 3.92. The molecule has 0 spiro atoms. The van der Waals surface area contributed by atoms with Crippen LogP contribution in [0.4, 0.5) is 13.2 Å². The normalized spacial score (nSPS) is 10.6.